The molecule has 1 N–H and O–H groups in total. The number of carbonyl (C=O) groups excluding carboxylic acids is 1. The molecule has 0 unspecified atom stereocenters. The molecule has 0 spiro atoms. The molecule has 4 aromatic rings. The number of hydrazone groups is 1. The van der Waals surface area contributed by atoms with Gasteiger partial charge in [-0.15, -0.1) is 0 Å². The van der Waals surface area contributed by atoms with E-state index in [2.05, 4.69) is 27.6 Å². The second kappa shape index (κ2) is 9.87. The highest BCUT2D eigenvalue weighted by molar-refractivity contribution is 6.30. The van der Waals surface area contributed by atoms with Gasteiger partial charge < -0.3 is 4.57 Å². The molecule has 0 atom stereocenters. The van der Waals surface area contributed by atoms with Gasteiger partial charge in [0, 0.05) is 29.1 Å². The van der Waals surface area contributed by atoms with Crippen LogP contribution in [0.2, 0.25) is 5.02 Å². The van der Waals surface area contributed by atoms with Crippen LogP contribution in [0.15, 0.2) is 96.4 Å². The zero-order valence-electron chi connectivity index (χ0n) is 16.8. The molecular weight excluding hydrogens is 408 g/mol. The van der Waals surface area contributed by atoms with Crippen molar-refractivity contribution >= 4 is 23.7 Å². The lowest BCUT2D eigenvalue weighted by atomic mass is 10.0. The predicted octanol–water partition coefficient (Wildman–Crippen LogP) is 5.41. The van der Waals surface area contributed by atoms with Crippen LogP contribution in [0.4, 0.5) is 0 Å². The van der Waals surface area contributed by atoms with Gasteiger partial charge in [-0.2, -0.15) is 5.10 Å². The number of aryl methyl sites for hydroxylation is 1. The minimum absolute atomic E-state index is 0.167. The van der Waals surface area contributed by atoms with E-state index in [4.69, 9.17) is 11.6 Å². The van der Waals surface area contributed by atoms with Crippen molar-refractivity contribution in [2.75, 3.05) is 0 Å². The average Bonchev–Trinajstić information content (AvgIpc) is 3.24. The predicted molar refractivity (Wildman–Crippen MR) is 125 cm³/mol. The Bertz CT molecular complexity index is 1170. The lowest BCUT2D eigenvalue weighted by Gasteiger charge is -2.10. The molecule has 1 amide bonds. The Morgan fingerprint density at radius 1 is 0.935 bits per heavy atom. The lowest BCUT2D eigenvalue weighted by molar-refractivity contribution is -0.121. The molecule has 154 valence electrons. The molecule has 0 aliphatic heterocycles. The summed E-state index contributed by atoms with van der Waals surface area (Å²) in [5.74, 6) is -0.167. The number of carbonyl (C=O) groups is 1. The zero-order valence-corrected chi connectivity index (χ0v) is 17.5. The van der Waals surface area contributed by atoms with E-state index in [0.717, 1.165) is 28.1 Å². The van der Waals surface area contributed by atoms with E-state index in [1.807, 2.05) is 65.2 Å². The van der Waals surface area contributed by atoms with Crippen LogP contribution >= 0.6 is 11.6 Å². The summed E-state index contributed by atoms with van der Waals surface area (Å²) in [5, 5.41) is 4.68. The van der Waals surface area contributed by atoms with Crippen LogP contribution in [0.3, 0.4) is 0 Å². The van der Waals surface area contributed by atoms with Gasteiger partial charge in [0.25, 0.3) is 0 Å². The van der Waals surface area contributed by atoms with E-state index < -0.39 is 0 Å². The Kier molecular flexibility index (Phi) is 6.55. The van der Waals surface area contributed by atoms with Gasteiger partial charge in [0.15, 0.2) is 0 Å². The molecule has 1 aromatic heterocycles. The number of hydrogen-bond acceptors (Lipinski definition) is 3. The maximum atomic E-state index is 12.3. The monoisotopic (exact) mass is 428 g/mol. The van der Waals surface area contributed by atoms with Crippen LogP contribution in [0, 0.1) is 0 Å². The first-order valence-corrected chi connectivity index (χ1v) is 10.3. The molecule has 0 aliphatic carbocycles. The van der Waals surface area contributed by atoms with E-state index in [-0.39, 0.29) is 12.3 Å². The van der Waals surface area contributed by atoms with Crippen molar-refractivity contribution in [1.82, 2.24) is 15.0 Å². The molecule has 0 bridgehead atoms. The molecule has 31 heavy (non-hydrogen) atoms. The molecule has 0 aliphatic rings. The molecule has 0 saturated carbocycles. The lowest BCUT2D eigenvalue weighted by Crippen LogP contribution is -2.19. The highest BCUT2D eigenvalue weighted by Gasteiger charge is 2.15. The summed E-state index contributed by atoms with van der Waals surface area (Å²) in [4.78, 5) is 16.9. The summed E-state index contributed by atoms with van der Waals surface area (Å²) in [6.07, 6.45) is 3.66. The van der Waals surface area contributed by atoms with Gasteiger partial charge >= 0.3 is 0 Å². The van der Waals surface area contributed by atoms with Crippen LogP contribution < -0.4 is 5.43 Å². The quantitative estimate of drug-likeness (QED) is 0.316. The van der Waals surface area contributed by atoms with Crippen molar-refractivity contribution < 1.29 is 4.79 Å². The van der Waals surface area contributed by atoms with Gasteiger partial charge in [-0.3, -0.25) is 4.79 Å². The van der Waals surface area contributed by atoms with Gasteiger partial charge in [-0.25, -0.2) is 10.4 Å². The number of nitrogens with zero attached hydrogens (tertiary/aromatic N) is 3. The van der Waals surface area contributed by atoms with E-state index in [1.165, 1.54) is 0 Å². The Labute approximate surface area is 186 Å². The molecule has 6 heteroatoms. The Morgan fingerprint density at radius 2 is 1.58 bits per heavy atom. The maximum absolute atomic E-state index is 12.3. The number of benzene rings is 3. The first kappa shape index (κ1) is 20.6. The minimum Gasteiger partial charge on any atom is -0.330 e. The Hall–Kier alpha value is -3.70. The van der Waals surface area contributed by atoms with Crippen molar-refractivity contribution in [3.8, 4) is 22.5 Å². The summed E-state index contributed by atoms with van der Waals surface area (Å²) < 4.78 is 2.01. The second-order valence-electron chi connectivity index (χ2n) is 6.96. The largest absolute Gasteiger partial charge is 0.330 e. The van der Waals surface area contributed by atoms with E-state index in [0.29, 0.717) is 11.6 Å². The fraction of sp³-hybridized carbons (Fsp3) is 0.0800. The number of amides is 1. The van der Waals surface area contributed by atoms with Crippen molar-refractivity contribution in [3.05, 3.63) is 102 Å². The first-order valence-electron chi connectivity index (χ1n) is 9.94. The molecule has 4 rings (SSSR count). The SMILES string of the molecule is O=C(CCn1cnc(-c2ccccc2)c1-c1ccccc1)NN=Cc1ccc(Cl)cc1. The fourth-order valence-electron chi connectivity index (χ4n) is 3.26. The highest BCUT2D eigenvalue weighted by Crippen LogP contribution is 2.31. The van der Waals surface area contributed by atoms with Gasteiger partial charge in [0.2, 0.25) is 5.91 Å². The Balaban J connectivity index is 1.47. The van der Waals surface area contributed by atoms with Gasteiger partial charge in [-0.1, -0.05) is 84.4 Å². The summed E-state index contributed by atoms with van der Waals surface area (Å²) >= 11 is 5.87. The maximum Gasteiger partial charge on any atom is 0.241 e. The number of rotatable bonds is 7. The summed E-state index contributed by atoms with van der Waals surface area (Å²) in [5.41, 5.74) is 7.42. The molecule has 1 heterocycles. The van der Waals surface area contributed by atoms with Crippen molar-refractivity contribution in [2.24, 2.45) is 5.10 Å². The third-order valence-electron chi connectivity index (χ3n) is 4.78. The molecule has 5 nitrogen and oxygen atoms in total. The summed E-state index contributed by atoms with van der Waals surface area (Å²) in [6, 6.07) is 27.4. The van der Waals surface area contributed by atoms with Crippen LogP contribution in [0.1, 0.15) is 12.0 Å². The molecule has 3 aromatic carbocycles. The minimum atomic E-state index is -0.167. The normalized spacial score (nSPS) is 11.0. The standard InChI is InChI=1S/C25H21ClN4O/c26-22-13-11-19(12-14-22)17-28-29-23(31)15-16-30-18-27-24(20-7-3-1-4-8-20)25(30)21-9-5-2-6-10-21/h1-14,17-18H,15-16H2,(H,29,31). The number of hydrogen-bond donors (Lipinski definition) is 1. The zero-order chi connectivity index (χ0) is 21.5. The van der Waals surface area contributed by atoms with E-state index in [9.17, 15) is 4.79 Å². The van der Waals surface area contributed by atoms with Gasteiger partial charge in [0.05, 0.1) is 23.9 Å². The van der Waals surface area contributed by atoms with Gasteiger partial charge in [-0.05, 0) is 17.7 Å². The van der Waals surface area contributed by atoms with Crippen LogP contribution in [0.25, 0.3) is 22.5 Å². The molecule has 0 saturated heterocycles. The number of halogens is 1. The van der Waals surface area contributed by atoms with Crippen LogP contribution in [-0.4, -0.2) is 21.7 Å². The number of aromatic nitrogens is 2. The van der Waals surface area contributed by atoms with Crippen molar-refractivity contribution in [2.45, 2.75) is 13.0 Å². The topological polar surface area (TPSA) is 59.3 Å². The third-order valence-corrected chi connectivity index (χ3v) is 5.04. The first-order chi connectivity index (χ1) is 15.2. The Morgan fingerprint density at radius 3 is 2.26 bits per heavy atom. The number of imidazole rings is 1. The smallest absolute Gasteiger partial charge is 0.241 e. The van der Waals surface area contributed by atoms with Crippen molar-refractivity contribution in [3.63, 3.8) is 0 Å². The van der Waals surface area contributed by atoms with Crippen LogP contribution in [-0.2, 0) is 11.3 Å². The van der Waals surface area contributed by atoms with E-state index >= 15 is 0 Å². The summed E-state index contributed by atoms with van der Waals surface area (Å²) in [7, 11) is 0. The molecule has 0 radical (unpaired) electrons. The third kappa shape index (κ3) is 5.27. The molecular formula is C25H21ClN4O. The van der Waals surface area contributed by atoms with E-state index in [1.54, 1.807) is 24.7 Å². The summed E-state index contributed by atoms with van der Waals surface area (Å²) in [6.45, 7) is 0.492. The highest BCUT2D eigenvalue weighted by atomic mass is 35.5. The fourth-order valence-corrected chi connectivity index (χ4v) is 3.39. The van der Waals surface area contributed by atoms with Crippen molar-refractivity contribution in [1.29, 1.82) is 0 Å². The average molecular weight is 429 g/mol. The number of nitrogens with one attached hydrogen (secondary N) is 1. The van der Waals surface area contributed by atoms with Gasteiger partial charge in [0.1, 0.15) is 0 Å². The molecule has 0 fully saturated rings. The second-order valence-corrected chi connectivity index (χ2v) is 7.40. The van der Waals surface area contributed by atoms with Crippen LogP contribution in [0.5, 0.6) is 0 Å².